The standard InChI is InChI=1S/C15H21NO3/c1-2-4-12-7-9-13(10-8-12)18-15-6-3-5-14(19-15)11-16-17/h7-10,14-15H,2-6,11H2,1H3. The second-order valence-electron chi connectivity index (χ2n) is 4.94. The van der Waals surface area contributed by atoms with Gasteiger partial charge in [0.25, 0.3) is 0 Å². The summed E-state index contributed by atoms with van der Waals surface area (Å²) in [5.41, 5.74) is 1.32. The highest BCUT2D eigenvalue weighted by Crippen LogP contribution is 2.23. The van der Waals surface area contributed by atoms with Crippen LogP contribution in [0.2, 0.25) is 0 Å². The number of nitroso groups, excluding NO2 is 1. The van der Waals surface area contributed by atoms with Crippen LogP contribution in [0.15, 0.2) is 29.4 Å². The van der Waals surface area contributed by atoms with Gasteiger partial charge in [-0.2, -0.15) is 4.91 Å². The lowest BCUT2D eigenvalue weighted by Crippen LogP contribution is -2.33. The number of nitrogens with zero attached hydrogens (tertiary/aromatic N) is 1. The van der Waals surface area contributed by atoms with Crippen molar-refractivity contribution in [1.82, 2.24) is 0 Å². The van der Waals surface area contributed by atoms with Crippen LogP contribution in [0.4, 0.5) is 0 Å². The predicted octanol–water partition coefficient (Wildman–Crippen LogP) is 3.68. The van der Waals surface area contributed by atoms with Gasteiger partial charge in [-0.3, -0.25) is 0 Å². The van der Waals surface area contributed by atoms with Crippen LogP contribution in [0.3, 0.4) is 0 Å². The fourth-order valence-electron chi connectivity index (χ4n) is 2.34. The third-order valence-electron chi connectivity index (χ3n) is 3.32. The fourth-order valence-corrected chi connectivity index (χ4v) is 2.34. The minimum atomic E-state index is -0.252. The van der Waals surface area contributed by atoms with E-state index in [0.29, 0.717) is 0 Å². The van der Waals surface area contributed by atoms with Gasteiger partial charge in [0.2, 0.25) is 0 Å². The van der Waals surface area contributed by atoms with Crippen LogP contribution < -0.4 is 4.74 Å². The molecule has 0 amide bonds. The molecule has 19 heavy (non-hydrogen) atoms. The SMILES string of the molecule is CCCc1ccc(OC2CCCC(CN=O)O2)cc1. The van der Waals surface area contributed by atoms with Crippen molar-refractivity contribution < 1.29 is 9.47 Å². The van der Waals surface area contributed by atoms with Crippen LogP contribution in [0.5, 0.6) is 5.75 Å². The molecule has 1 fully saturated rings. The summed E-state index contributed by atoms with van der Waals surface area (Å²) in [5, 5.41) is 2.90. The van der Waals surface area contributed by atoms with E-state index in [9.17, 15) is 4.91 Å². The third-order valence-corrected chi connectivity index (χ3v) is 3.32. The monoisotopic (exact) mass is 263 g/mol. The predicted molar refractivity (Wildman–Crippen MR) is 74.2 cm³/mol. The van der Waals surface area contributed by atoms with Gasteiger partial charge < -0.3 is 9.47 Å². The van der Waals surface area contributed by atoms with Gasteiger partial charge in [0.15, 0.2) is 6.29 Å². The Morgan fingerprint density at radius 1 is 1.32 bits per heavy atom. The molecule has 0 spiro atoms. The molecule has 2 rings (SSSR count). The molecule has 0 N–H and O–H groups in total. The fraction of sp³-hybridized carbons (Fsp3) is 0.600. The Kier molecular flexibility index (Phi) is 5.33. The van der Waals surface area contributed by atoms with E-state index >= 15 is 0 Å². The van der Waals surface area contributed by atoms with Crippen LogP contribution in [0.1, 0.15) is 38.2 Å². The first-order valence-corrected chi connectivity index (χ1v) is 7.02. The number of aryl methyl sites for hydroxylation is 1. The largest absolute Gasteiger partial charge is 0.465 e. The molecular weight excluding hydrogens is 242 g/mol. The molecule has 0 radical (unpaired) electrons. The summed E-state index contributed by atoms with van der Waals surface area (Å²) in [4.78, 5) is 10.3. The third kappa shape index (κ3) is 4.31. The van der Waals surface area contributed by atoms with Gasteiger partial charge in [0.05, 0.1) is 6.10 Å². The summed E-state index contributed by atoms with van der Waals surface area (Å²) in [6, 6.07) is 8.14. The van der Waals surface area contributed by atoms with E-state index in [2.05, 4.69) is 24.2 Å². The molecule has 4 nitrogen and oxygen atoms in total. The smallest absolute Gasteiger partial charge is 0.200 e. The highest BCUT2D eigenvalue weighted by molar-refractivity contribution is 5.27. The summed E-state index contributed by atoms with van der Waals surface area (Å²) in [7, 11) is 0. The first kappa shape index (κ1) is 14.0. The van der Waals surface area contributed by atoms with Crippen LogP contribution in [0.25, 0.3) is 0 Å². The number of hydrogen-bond donors (Lipinski definition) is 0. The Bertz CT molecular complexity index is 391. The Morgan fingerprint density at radius 3 is 2.79 bits per heavy atom. The summed E-state index contributed by atoms with van der Waals surface area (Å²) in [6.07, 6.45) is 4.67. The lowest BCUT2D eigenvalue weighted by molar-refractivity contribution is -0.143. The van der Waals surface area contributed by atoms with Crippen molar-refractivity contribution in [2.75, 3.05) is 6.54 Å². The molecule has 0 bridgehead atoms. The van der Waals surface area contributed by atoms with E-state index < -0.39 is 0 Å². The molecule has 1 aliphatic heterocycles. The quantitative estimate of drug-likeness (QED) is 0.735. The maximum absolute atomic E-state index is 10.3. The van der Waals surface area contributed by atoms with E-state index in [1.807, 2.05) is 12.1 Å². The zero-order chi connectivity index (χ0) is 13.5. The normalized spacial score (nSPS) is 23.0. The van der Waals surface area contributed by atoms with Gasteiger partial charge in [-0.25, -0.2) is 0 Å². The van der Waals surface area contributed by atoms with E-state index in [-0.39, 0.29) is 18.9 Å². The van der Waals surface area contributed by atoms with Gasteiger partial charge in [0, 0.05) is 6.42 Å². The highest BCUT2D eigenvalue weighted by Gasteiger charge is 2.23. The van der Waals surface area contributed by atoms with Gasteiger partial charge in [-0.15, -0.1) is 0 Å². The van der Waals surface area contributed by atoms with E-state index in [4.69, 9.17) is 9.47 Å². The van der Waals surface area contributed by atoms with E-state index in [1.165, 1.54) is 5.56 Å². The van der Waals surface area contributed by atoms with Crippen LogP contribution >= 0.6 is 0 Å². The average Bonchev–Trinajstić information content (AvgIpc) is 2.42. The van der Waals surface area contributed by atoms with Crippen molar-refractivity contribution in [3.8, 4) is 5.75 Å². The number of hydrogen-bond acceptors (Lipinski definition) is 4. The van der Waals surface area contributed by atoms with Gasteiger partial charge in [-0.1, -0.05) is 30.7 Å². The molecule has 0 aromatic heterocycles. The molecule has 1 aromatic rings. The Balaban J connectivity index is 1.87. The molecular formula is C15H21NO3. The molecule has 104 valence electrons. The van der Waals surface area contributed by atoms with Crippen LogP contribution in [-0.2, 0) is 11.2 Å². The van der Waals surface area contributed by atoms with Gasteiger partial charge >= 0.3 is 0 Å². The molecule has 2 unspecified atom stereocenters. The summed E-state index contributed by atoms with van der Waals surface area (Å²) in [5.74, 6) is 0.824. The maximum Gasteiger partial charge on any atom is 0.200 e. The molecule has 1 saturated heterocycles. The summed E-state index contributed by atoms with van der Waals surface area (Å²) < 4.78 is 11.5. The van der Waals surface area contributed by atoms with Gasteiger partial charge in [-0.05, 0) is 37.0 Å². The lowest BCUT2D eigenvalue weighted by atomic mass is 10.1. The van der Waals surface area contributed by atoms with E-state index in [1.54, 1.807) is 0 Å². The molecule has 1 aliphatic rings. The summed E-state index contributed by atoms with van der Waals surface area (Å²) in [6.45, 7) is 2.39. The molecule has 1 heterocycles. The first-order chi connectivity index (χ1) is 9.31. The first-order valence-electron chi connectivity index (χ1n) is 7.02. The topological polar surface area (TPSA) is 47.9 Å². The molecule has 4 heteroatoms. The zero-order valence-corrected chi connectivity index (χ0v) is 11.4. The number of rotatable bonds is 6. The Labute approximate surface area is 114 Å². The molecule has 1 aromatic carbocycles. The Hall–Kier alpha value is -1.42. The molecule has 2 atom stereocenters. The molecule has 0 aliphatic carbocycles. The minimum absolute atomic E-state index is 0.0874. The Morgan fingerprint density at radius 2 is 2.11 bits per heavy atom. The minimum Gasteiger partial charge on any atom is -0.465 e. The van der Waals surface area contributed by atoms with Crippen molar-refractivity contribution in [3.63, 3.8) is 0 Å². The highest BCUT2D eigenvalue weighted by atomic mass is 16.7. The van der Waals surface area contributed by atoms with Crippen molar-refractivity contribution in [1.29, 1.82) is 0 Å². The van der Waals surface area contributed by atoms with Gasteiger partial charge in [0.1, 0.15) is 12.3 Å². The van der Waals surface area contributed by atoms with Crippen molar-refractivity contribution in [2.24, 2.45) is 5.18 Å². The average molecular weight is 263 g/mol. The number of benzene rings is 1. The van der Waals surface area contributed by atoms with Crippen molar-refractivity contribution in [3.05, 3.63) is 34.7 Å². The number of ether oxygens (including phenoxy) is 2. The van der Waals surface area contributed by atoms with Crippen molar-refractivity contribution >= 4 is 0 Å². The summed E-state index contributed by atoms with van der Waals surface area (Å²) >= 11 is 0. The van der Waals surface area contributed by atoms with Crippen LogP contribution in [-0.4, -0.2) is 18.9 Å². The van der Waals surface area contributed by atoms with Crippen LogP contribution in [0, 0.1) is 4.91 Å². The maximum atomic E-state index is 10.3. The van der Waals surface area contributed by atoms with Crippen molar-refractivity contribution in [2.45, 2.75) is 51.4 Å². The second kappa shape index (κ2) is 7.24. The zero-order valence-electron chi connectivity index (χ0n) is 11.4. The van der Waals surface area contributed by atoms with E-state index in [0.717, 1.165) is 37.9 Å². The lowest BCUT2D eigenvalue weighted by Gasteiger charge is -2.28. The molecule has 0 saturated carbocycles. The second-order valence-corrected chi connectivity index (χ2v) is 4.94.